The highest BCUT2D eigenvalue weighted by atomic mass is 32.2. The molecule has 2 unspecified atom stereocenters. The minimum atomic E-state index is -0.472. The van der Waals surface area contributed by atoms with Gasteiger partial charge in [-0.2, -0.15) is 0 Å². The van der Waals surface area contributed by atoms with E-state index in [0.717, 1.165) is 28.7 Å². The number of thioether (sulfide) groups is 1. The van der Waals surface area contributed by atoms with E-state index in [2.05, 4.69) is 19.2 Å². The normalized spacial score (nSPS) is 22.0. The van der Waals surface area contributed by atoms with Gasteiger partial charge in [0.2, 0.25) is 0 Å². The molecule has 0 aliphatic carbocycles. The summed E-state index contributed by atoms with van der Waals surface area (Å²) in [5.41, 5.74) is 1.16. The Morgan fingerprint density at radius 2 is 1.96 bits per heavy atom. The number of urea groups is 1. The molecule has 0 bridgehead atoms. The number of ether oxygens (including phenoxy) is 1. The molecule has 7 nitrogen and oxygen atoms in total. The first kappa shape index (κ1) is 19.5. The molecular formula is C19H26N4O3S. The molecule has 146 valence electrons. The lowest BCUT2D eigenvalue weighted by Crippen LogP contribution is -2.63. The van der Waals surface area contributed by atoms with E-state index in [1.807, 2.05) is 29.2 Å². The van der Waals surface area contributed by atoms with Crippen molar-refractivity contribution in [2.75, 3.05) is 26.5 Å². The number of carbonyl (C=O) groups is 2. The van der Waals surface area contributed by atoms with Crippen molar-refractivity contribution in [1.82, 2.24) is 15.1 Å². The van der Waals surface area contributed by atoms with Crippen LogP contribution >= 0.6 is 11.8 Å². The monoisotopic (exact) mass is 390 g/mol. The van der Waals surface area contributed by atoms with Gasteiger partial charge in [-0.3, -0.25) is 10.1 Å². The van der Waals surface area contributed by atoms with Crippen LogP contribution in [0.1, 0.15) is 19.4 Å². The summed E-state index contributed by atoms with van der Waals surface area (Å²) in [6.07, 6.45) is 0.316. The number of rotatable bonds is 6. The maximum Gasteiger partial charge on any atom is 0.325 e. The number of likely N-dealkylation sites (N-methyl/N-ethyl adjacent to an activating group) is 1. The van der Waals surface area contributed by atoms with Gasteiger partial charge < -0.3 is 14.5 Å². The van der Waals surface area contributed by atoms with Crippen LogP contribution in [-0.2, 0) is 11.2 Å². The maximum atomic E-state index is 12.5. The topological polar surface area (TPSA) is 74.2 Å². The van der Waals surface area contributed by atoms with Crippen molar-refractivity contribution in [1.29, 1.82) is 0 Å². The first-order valence-corrected chi connectivity index (χ1v) is 10.1. The number of aliphatic imine (C=N–C) groups is 1. The van der Waals surface area contributed by atoms with Crippen molar-refractivity contribution in [2.45, 2.75) is 32.5 Å². The van der Waals surface area contributed by atoms with E-state index in [1.54, 1.807) is 25.9 Å². The molecule has 2 aliphatic heterocycles. The second kappa shape index (κ2) is 8.21. The van der Waals surface area contributed by atoms with Gasteiger partial charge in [-0.1, -0.05) is 37.7 Å². The van der Waals surface area contributed by atoms with Crippen LogP contribution in [0.2, 0.25) is 0 Å². The summed E-state index contributed by atoms with van der Waals surface area (Å²) in [5.74, 6) is 1.97. The lowest BCUT2D eigenvalue weighted by atomic mass is 10.1. The Labute approximate surface area is 164 Å². The fraction of sp³-hybridized carbons (Fsp3) is 0.526. The molecule has 2 atom stereocenters. The van der Waals surface area contributed by atoms with Crippen molar-refractivity contribution < 1.29 is 14.3 Å². The largest absolute Gasteiger partial charge is 0.497 e. The number of nitrogens with one attached hydrogen (secondary N) is 1. The molecule has 1 saturated heterocycles. The van der Waals surface area contributed by atoms with Crippen molar-refractivity contribution in [2.24, 2.45) is 10.9 Å². The number of hydrogen-bond acceptors (Lipinski definition) is 6. The molecule has 0 spiro atoms. The summed E-state index contributed by atoms with van der Waals surface area (Å²) in [5, 5.41) is 3.27. The molecule has 2 heterocycles. The van der Waals surface area contributed by atoms with E-state index in [4.69, 9.17) is 9.73 Å². The van der Waals surface area contributed by atoms with Gasteiger partial charge in [-0.25, -0.2) is 9.79 Å². The molecule has 1 aromatic rings. The number of imide groups is 1. The molecule has 0 radical (unpaired) electrons. The van der Waals surface area contributed by atoms with Gasteiger partial charge in [0.25, 0.3) is 5.91 Å². The van der Waals surface area contributed by atoms with Gasteiger partial charge in [0, 0.05) is 19.3 Å². The Morgan fingerprint density at radius 3 is 2.59 bits per heavy atom. The van der Waals surface area contributed by atoms with Crippen LogP contribution in [0, 0.1) is 5.92 Å². The number of fused-ring (bicyclic) bond motifs is 1. The minimum Gasteiger partial charge on any atom is -0.497 e. The van der Waals surface area contributed by atoms with Gasteiger partial charge in [0.05, 0.1) is 7.11 Å². The number of amides is 3. The molecule has 1 aromatic carbocycles. The van der Waals surface area contributed by atoms with Crippen LogP contribution in [-0.4, -0.2) is 65.6 Å². The number of benzene rings is 1. The molecule has 3 rings (SSSR count). The molecular weight excluding hydrogens is 364 g/mol. The zero-order chi connectivity index (χ0) is 19.6. The van der Waals surface area contributed by atoms with E-state index in [0.29, 0.717) is 12.5 Å². The third kappa shape index (κ3) is 4.21. The first-order valence-electron chi connectivity index (χ1n) is 9.08. The summed E-state index contributed by atoms with van der Waals surface area (Å²) < 4.78 is 5.20. The predicted molar refractivity (Wildman–Crippen MR) is 107 cm³/mol. The number of carbonyl (C=O) groups excluding carboxylic acids is 2. The molecule has 8 heteroatoms. The third-order valence-corrected chi connectivity index (χ3v) is 6.10. The first-order chi connectivity index (χ1) is 12.9. The van der Waals surface area contributed by atoms with E-state index in [-0.39, 0.29) is 5.91 Å². The summed E-state index contributed by atoms with van der Waals surface area (Å²) in [4.78, 5) is 32.7. The third-order valence-electron chi connectivity index (χ3n) is 4.67. The highest BCUT2D eigenvalue weighted by molar-refractivity contribution is 8.13. The fourth-order valence-electron chi connectivity index (χ4n) is 3.14. The second-order valence-corrected chi connectivity index (χ2v) is 8.16. The van der Waals surface area contributed by atoms with Gasteiger partial charge in [0.15, 0.2) is 17.4 Å². The maximum absolute atomic E-state index is 12.5. The van der Waals surface area contributed by atoms with Crippen molar-refractivity contribution >= 4 is 28.9 Å². The zero-order valence-corrected chi connectivity index (χ0v) is 17.0. The Morgan fingerprint density at radius 1 is 1.26 bits per heavy atom. The molecule has 0 aromatic heterocycles. The standard InChI is InChI=1S/C19H26N4O3S/c1-12(2)11-27-19-20-16-15(17(24)21-18(25)22(16)3)23(19)10-9-13-5-7-14(26-4)8-6-13/h5-8,12,15-16H,9-11H2,1-4H3,(H,21,24,25). The Bertz CT molecular complexity index is 735. The molecule has 1 fully saturated rings. The Kier molecular flexibility index (Phi) is 5.94. The smallest absolute Gasteiger partial charge is 0.325 e. The minimum absolute atomic E-state index is 0.276. The number of methoxy groups -OCH3 is 1. The summed E-state index contributed by atoms with van der Waals surface area (Å²) in [6, 6.07) is 7.06. The van der Waals surface area contributed by atoms with Gasteiger partial charge in [0.1, 0.15) is 5.75 Å². The fourth-order valence-corrected chi connectivity index (χ4v) is 4.17. The summed E-state index contributed by atoms with van der Waals surface area (Å²) in [6.45, 7) is 4.96. The predicted octanol–water partition coefficient (Wildman–Crippen LogP) is 2.17. The molecule has 27 heavy (non-hydrogen) atoms. The molecule has 2 aliphatic rings. The van der Waals surface area contributed by atoms with Crippen LogP contribution in [0.3, 0.4) is 0 Å². The molecule has 0 saturated carbocycles. The highest BCUT2D eigenvalue weighted by Crippen LogP contribution is 2.29. The SMILES string of the molecule is COc1ccc(CCN2C(SCC(C)C)=NC3C2C(=O)NC(=O)N3C)cc1. The van der Waals surface area contributed by atoms with Crippen molar-refractivity contribution in [3.05, 3.63) is 29.8 Å². The van der Waals surface area contributed by atoms with Crippen LogP contribution in [0.5, 0.6) is 5.75 Å². The lowest BCUT2D eigenvalue weighted by molar-refractivity contribution is -0.127. The van der Waals surface area contributed by atoms with Crippen molar-refractivity contribution in [3.63, 3.8) is 0 Å². The number of amidine groups is 1. The van der Waals surface area contributed by atoms with Gasteiger partial charge >= 0.3 is 6.03 Å². The summed E-state index contributed by atoms with van der Waals surface area (Å²) >= 11 is 1.65. The lowest BCUT2D eigenvalue weighted by Gasteiger charge is -2.36. The van der Waals surface area contributed by atoms with Crippen LogP contribution in [0.15, 0.2) is 29.3 Å². The van der Waals surface area contributed by atoms with Crippen LogP contribution < -0.4 is 10.1 Å². The summed E-state index contributed by atoms with van der Waals surface area (Å²) in [7, 11) is 3.33. The van der Waals surface area contributed by atoms with E-state index in [9.17, 15) is 9.59 Å². The second-order valence-electron chi connectivity index (χ2n) is 7.17. The van der Waals surface area contributed by atoms with E-state index in [1.165, 1.54) is 4.90 Å². The van der Waals surface area contributed by atoms with Crippen molar-refractivity contribution in [3.8, 4) is 5.75 Å². The average molecular weight is 391 g/mol. The van der Waals surface area contributed by atoms with E-state index >= 15 is 0 Å². The zero-order valence-electron chi connectivity index (χ0n) is 16.1. The van der Waals surface area contributed by atoms with E-state index < -0.39 is 18.2 Å². The number of nitrogens with zero attached hydrogens (tertiary/aromatic N) is 3. The molecule has 3 amide bonds. The van der Waals surface area contributed by atoms with Crippen LogP contribution in [0.4, 0.5) is 4.79 Å². The number of hydrogen-bond donors (Lipinski definition) is 1. The Hall–Kier alpha value is -2.22. The van der Waals surface area contributed by atoms with Gasteiger partial charge in [-0.15, -0.1) is 0 Å². The highest BCUT2D eigenvalue weighted by Gasteiger charge is 2.48. The molecule has 1 N–H and O–H groups in total. The average Bonchev–Trinajstić information content (AvgIpc) is 3.02. The van der Waals surface area contributed by atoms with Crippen LogP contribution in [0.25, 0.3) is 0 Å². The quantitative estimate of drug-likeness (QED) is 0.806. The van der Waals surface area contributed by atoms with Gasteiger partial charge in [-0.05, 0) is 30.0 Å². The Balaban J connectivity index is 1.77.